The van der Waals surface area contributed by atoms with Gasteiger partial charge in [0.2, 0.25) is 0 Å². The predicted octanol–water partition coefficient (Wildman–Crippen LogP) is 2.48. The van der Waals surface area contributed by atoms with Crippen molar-refractivity contribution in [1.29, 1.82) is 0 Å². The second kappa shape index (κ2) is 6.88. The molecule has 0 fully saturated rings. The van der Waals surface area contributed by atoms with Crippen LogP contribution in [0.5, 0.6) is 0 Å². The normalized spacial score (nSPS) is 21.4. The fourth-order valence-electron chi connectivity index (χ4n) is 2.55. The van der Waals surface area contributed by atoms with E-state index in [2.05, 4.69) is 20.9 Å². The lowest BCUT2D eigenvalue weighted by Crippen LogP contribution is -2.56. The van der Waals surface area contributed by atoms with E-state index < -0.39 is 24.2 Å². The van der Waals surface area contributed by atoms with Gasteiger partial charge in [-0.2, -0.15) is 23.3 Å². The molecule has 0 radical (unpaired) electrons. The zero-order chi connectivity index (χ0) is 19.7. The fraction of sp³-hybridized carbons (Fsp3) is 0.235. The van der Waals surface area contributed by atoms with Crippen molar-refractivity contribution in [2.24, 2.45) is 5.10 Å². The minimum absolute atomic E-state index is 0.00155. The number of rotatable bonds is 4. The third-order valence-corrected chi connectivity index (χ3v) is 3.91. The van der Waals surface area contributed by atoms with Gasteiger partial charge in [-0.3, -0.25) is 10.2 Å². The number of hydrogen-bond acceptors (Lipinski definition) is 6. The lowest BCUT2D eigenvalue weighted by atomic mass is 10.1. The third kappa shape index (κ3) is 3.70. The number of allylic oxidation sites excluding steroid dienone is 5. The molecule has 0 saturated heterocycles. The number of nitrogens with one attached hydrogen (secondary N) is 2. The molecule has 0 aromatic carbocycles. The van der Waals surface area contributed by atoms with Gasteiger partial charge >= 0.3 is 6.18 Å². The maximum Gasteiger partial charge on any atom is 0.438 e. The number of halogens is 3. The summed E-state index contributed by atoms with van der Waals surface area (Å²) in [7, 11) is 0. The molecule has 1 aliphatic heterocycles. The zero-order valence-electron chi connectivity index (χ0n) is 14.2. The Bertz CT molecular complexity index is 844. The Kier molecular flexibility index (Phi) is 4.75. The quantitative estimate of drug-likeness (QED) is 0.700. The monoisotopic (exact) mass is 379 g/mol. The van der Waals surface area contributed by atoms with Gasteiger partial charge in [0.1, 0.15) is 5.82 Å². The molecule has 0 bridgehead atoms. The Balaban J connectivity index is 1.70. The van der Waals surface area contributed by atoms with Crippen molar-refractivity contribution in [3.63, 3.8) is 0 Å². The van der Waals surface area contributed by atoms with Crippen molar-refractivity contribution in [3.8, 4) is 0 Å². The van der Waals surface area contributed by atoms with Gasteiger partial charge in [-0.05, 0) is 24.6 Å². The van der Waals surface area contributed by atoms with E-state index in [-0.39, 0.29) is 16.3 Å². The molecule has 2 aliphatic rings. The van der Waals surface area contributed by atoms with E-state index >= 15 is 0 Å². The number of amides is 1. The van der Waals surface area contributed by atoms with Crippen molar-refractivity contribution >= 4 is 17.4 Å². The predicted molar refractivity (Wildman–Crippen MR) is 92.3 cm³/mol. The summed E-state index contributed by atoms with van der Waals surface area (Å²) in [6.45, 7) is 1.31. The summed E-state index contributed by atoms with van der Waals surface area (Å²) < 4.78 is 39.6. The van der Waals surface area contributed by atoms with Crippen molar-refractivity contribution in [2.75, 3.05) is 5.43 Å². The first kappa shape index (κ1) is 18.6. The number of aromatic nitrogens is 1. The van der Waals surface area contributed by atoms with Gasteiger partial charge in [-0.15, -0.1) is 0 Å². The number of aliphatic hydroxyl groups is 1. The minimum Gasteiger partial charge on any atom is -0.362 e. The Morgan fingerprint density at radius 2 is 2.04 bits per heavy atom. The molecular formula is C17H16F3N5O2. The average Bonchev–Trinajstić information content (AvgIpc) is 3.22. The molecule has 2 heterocycles. The molecule has 0 saturated carbocycles. The Hall–Kier alpha value is -3.14. The summed E-state index contributed by atoms with van der Waals surface area (Å²) in [4.78, 5) is 16.4. The van der Waals surface area contributed by atoms with E-state index in [1.54, 1.807) is 6.20 Å². The molecule has 27 heavy (non-hydrogen) atoms. The van der Waals surface area contributed by atoms with Gasteiger partial charge in [0.05, 0.1) is 5.56 Å². The van der Waals surface area contributed by atoms with Crippen LogP contribution in [0.2, 0.25) is 0 Å². The van der Waals surface area contributed by atoms with E-state index in [1.807, 2.05) is 24.3 Å². The van der Waals surface area contributed by atoms with Crippen LogP contribution < -0.4 is 10.9 Å². The fourth-order valence-corrected chi connectivity index (χ4v) is 2.55. The number of anilines is 1. The molecule has 0 spiro atoms. The summed E-state index contributed by atoms with van der Waals surface area (Å²) in [5, 5.41) is 13.6. The van der Waals surface area contributed by atoms with Gasteiger partial charge < -0.3 is 10.5 Å². The smallest absolute Gasteiger partial charge is 0.362 e. The summed E-state index contributed by atoms with van der Waals surface area (Å²) in [6.07, 6.45) is 4.46. The van der Waals surface area contributed by atoms with Gasteiger partial charge in [0.15, 0.2) is 0 Å². The van der Waals surface area contributed by atoms with Crippen molar-refractivity contribution < 1.29 is 23.1 Å². The van der Waals surface area contributed by atoms with Crippen LogP contribution in [-0.4, -0.2) is 38.6 Å². The van der Waals surface area contributed by atoms with Crippen molar-refractivity contribution in [2.45, 2.75) is 25.2 Å². The molecule has 1 aromatic heterocycles. The summed E-state index contributed by atoms with van der Waals surface area (Å²) in [5.74, 6) is -0.747. The second-order valence-corrected chi connectivity index (χ2v) is 6.01. The molecule has 1 unspecified atom stereocenters. The molecular weight excluding hydrogens is 363 g/mol. The first-order chi connectivity index (χ1) is 12.7. The third-order valence-electron chi connectivity index (χ3n) is 3.91. The van der Waals surface area contributed by atoms with Crippen LogP contribution in [0.4, 0.5) is 19.0 Å². The number of hydrogen-bond donors (Lipinski definition) is 3. The maximum atomic E-state index is 13.2. The van der Waals surface area contributed by atoms with Crippen LogP contribution in [0.1, 0.15) is 23.7 Å². The number of carbonyl (C=O) groups is 1. The number of carbonyl (C=O) groups excluding carboxylic acids is 1. The number of alkyl halides is 3. The van der Waals surface area contributed by atoms with E-state index in [0.717, 1.165) is 11.8 Å². The topological polar surface area (TPSA) is 89.9 Å². The molecule has 1 aliphatic carbocycles. The minimum atomic E-state index is -5.04. The Labute approximate surface area is 152 Å². The summed E-state index contributed by atoms with van der Waals surface area (Å²) >= 11 is 0. The van der Waals surface area contributed by atoms with Crippen LogP contribution in [0.25, 0.3) is 0 Å². The Morgan fingerprint density at radius 1 is 1.33 bits per heavy atom. The van der Waals surface area contributed by atoms with E-state index in [0.29, 0.717) is 5.82 Å². The number of pyridine rings is 1. The van der Waals surface area contributed by atoms with Crippen LogP contribution in [0.15, 0.2) is 59.5 Å². The lowest BCUT2D eigenvalue weighted by molar-refractivity contribution is -0.297. The largest absolute Gasteiger partial charge is 0.438 e. The number of nitrogens with zero attached hydrogens (tertiary/aromatic N) is 3. The van der Waals surface area contributed by atoms with Crippen molar-refractivity contribution in [3.05, 3.63) is 60.0 Å². The first-order valence-electron chi connectivity index (χ1n) is 7.91. The molecule has 1 atom stereocenters. The highest BCUT2D eigenvalue weighted by Crippen LogP contribution is 2.40. The highest BCUT2D eigenvalue weighted by molar-refractivity contribution is 5.97. The van der Waals surface area contributed by atoms with E-state index in [4.69, 9.17) is 0 Å². The maximum absolute atomic E-state index is 13.2. The summed E-state index contributed by atoms with van der Waals surface area (Å²) in [6, 6.07) is 2.71. The van der Waals surface area contributed by atoms with Gasteiger partial charge in [0.25, 0.3) is 11.6 Å². The SMILES string of the molecule is CC1=NN(C(=O)c2ccc(NNC=C3C=CC=C3)nc2)C(O)(C(F)(F)F)C1. The molecule has 7 nitrogen and oxygen atoms in total. The van der Waals surface area contributed by atoms with E-state index in [9.17, 15) is 23.1 Å². The first-order valence-corrected chi connectivity index (χ1v) is 7.91. The molecule has 3 N–H and O–H groups in total. The highest BCUT2D eigenvalue weighted by Gasteiger charge is 2.62. The number of hydrazone groups is 1. The lowest BCUT2D eigenvalue weighted by Gasteiger charge is -2.32. The van der Waals surface area contributed by atoms with Crippen LogP contribution in [0.3, 0.4) is 0 Å². The standard InChI is InChI=1S/C17H16F3N5O2/c1-11-8-16(27,17(18,19)20)25(24-11)15(26)13-6-7-14(21-10-13)23-22-9-12-4-2-3-5-12/h2-7,9-10,22,27H,8H2,1H3,(H,21,23). The molecule has 1 aromatic rings. The molecule has 1 amide bonds. The zero-order valence-corrected chi connectivity index (χ0v) is 14.2. The van der Waals surface area contributed by atoms with Gasteiger partial charge in [0, 0.05) is 24.5 Å². The van der Waals surface area contributed by atoms with Gasteiger partial charge in [-0.1, -0.05) is 24.3 Å². The highest BCUT2D eigenvalue weighted by atomic mass is 19.4. The second-order valence-electron chi connectivity index (χ2n) is 6.01. The van der Waals surface area contributed by atoms with Crippen LogP contribution >= 0.6 is 0 Å². The molecule has 3 rings (SSSR count). The van der Waals surface area contributed by atoms with Crippen molar-refractivity contribution in [1.82, 2.24) is 15.4 Å². The number of hydrazine groups is 1. The molecule has 142 valence electrons. The summed E-state index contributed by atoms with van der Waals surface area (Å²) in [5.41, 5.74) is 3.01. The van der Waals surface area contributed by atoms with Gasteiger partial charge in [-0.25, -0.2) is 4.98 Å². The van der Waals surface area contributed by atoms with Crippen LogP contribution in [-0.2, 0) is 0 Å². The van der Waals surface area contributed by atoms with E-state index in [1.165, 1.54) is 19.1 Å². The van der Waals surface area contributed by atoms with Crippen LogP contribution in [0, 0.1) is 0 Å². The average molecular weight is 379 g/mol. The molecule has 10 heteroatoms. The Morgan fingerprint density at radius 3 is 2.63 bits per heavy atom.